The summed E-state index contributed by atoms with van der Waals surface area (Å²) in [5.74, 6) is 1.51. The molecule has 0 radical (unpaired) electrons. The second kappa shape index (κ2) is 11.6. The highest BCUT2D eigenvalue weighted by Crippen LogP contribution is 2.34. The average molecular weight is 463 g/mol. The van der Waals surface area contributed by atoms with Crippen molar-refractivity contribution >= 4 is 15.9 Å². The van der Waals surface area contributed by atoms with Crippen LogP contribution in [0.5, 0.6) is 11.5 Å². The number of aryl methyl sites for hydroxylation is 1. The number of hydrogen-bond acceptors (Lipinski definition) is 5. The third-order valence-electron chi connectivity index (χ3n) is 5.22. The van der Waals surface area contributed by atoms with Crippen molar-refractivity contribution in [3.8, 4) is 11.5 Å². The molecule has 158 valence electrons. The first-order valence-corrected chi connectivity index (χ1v) is 11.0. The molecule has 0 saturated carbocycles. The maximum Gasteiger partial charge on any atom is 0.162 e. The summed E-state index contributed by atoms with van der Waals surface area (Å²) in [7, 11) is 1.68. The van der Waals surface area contributed by atoms with Gasteiger partial charge >= 0.3 is 0 Å². The Morgan fingerprint density at radius 3 is 2.66 bits per heavy atom. The highest BCUT2D eigenvalue weighted by atomic mass is 79.9. The van der Waals surface area contributed by atoms with Crippen LogP contribution in [0.25, 0.3) is 0 Å². The highest BCUT2D eigenvalue weighted by molar-refractivity contribution is 9.10. The minimum absolute atomic E-state index is 0.522. The van der Waals surface area contributed by atoms with E-state index < -0.39 is 0 Å². The van der Waals surface area contributed by atoms with Gasteiger partial charge in [0.1, 0.15) is 6.61 Å². The van der Waals surface area contributed by atoms with Crippen molar-refractivity contribution in [3.05, 3.63) is 57.6 Å². The van der Waals surface area contributed by atoms with Crippen molar-refractivity contribution in [1.82, 2.24) is 10.2 Å². The third-order valence-corrected chi connectivity index (χ3v) is 5.96. The SMILES string of the molecule is COc1cc(CNCCCN2CCOCC2)c(Br)cc1OCc1ccccc1C. The fraction of sp³-hybridized carbons (Fsp3) is 0.478. The minimum atomic E-state index is 0.522. The smallest absolute Gasteiger partial charge is 0.162 e. The van der Waals surface area contributed by atoms with E-state index in [-0.39, 0.29) is 0 Å². The minimum Gasteiger partial charge on any atom is -0.493 e. The number of hydrogen-bond donors (Lipinski definition) is 1. The van der Waals surface area contributed by atoms with E-state index in [2.05, 4.69) is 45.2 Å². The molecule has 1 aliphatic heterocycles. The van der Waals surface area contributed by atoms with Crippen molar-refractivity contribution < 1.29 is 14.2 Å². The van der Waals surface area contributed by atoms with Gasteiger partial charge in [0.25, 0.3) is 0 Å². The molecule has 1 N–H and O–H groups in total. The van der Waals surface area contributed by atoms with Gasteiger partial charge in [0.15, 0.2) is 11.5 Å². The molecule has 0 unspecified atom stereocenters. The zero-order valence-electron chi connectivity index (χ0n) is 17.4. The number of nitrogens with zero attached hydrogens (tertiary/aromatic N) is 1. The van der Waals surface area contributed by atoms with Crippen molar-refractivity contribution in [3.63, 3.8) is 0 Å². The fourth-order valence-corrected chi connectivity index (χ4v) is 3.85. The number of nitrogens with one attached hydrogen (secondary N) is 1. The predicted octanol–water partition coefficient (Wildman–Crippen LogP) is 4.16. The molecule has 0 spiro atoms. The molecule has 1 aliphatic rings. The van der Waals surface area contributed by atoms with Crippen LogP contribution < -0.4 is 14.8 Å². The van der Waals surface area contributed by atoms with Gasteiger partial charge in [-0.3, -0.25) is 4.90 Å². The van der Waals surface area contributed by atoms with E-state index in [1.54, 1.807) is 7.11 Å². The number of halogens is 1. The van der Waals surface area contributed by atoms with Gasteiger partial charge in [0.05, 0.1) is 20.3 Å². The lowest BCUT2D eigenvalue weighted by molar-refractivity contribution is 0.0374. The van der Waals surface area contributed by atoms with Crippen LogP contribution in [0.15, 0.2) is 40.9 Å². The van der Waals surface area contributed by atoms with E-state index in [1.807, 2.05) is 24.3 Å². The van der Waals surface area contributed by atoms with Crippen molar-refractivity contribution in [2.24, 2.45) is 0 Å². The molecule has 1 saturated heterocycles. The molecule has 0 amide bonds. The van der Waals surface area contributed by atoms with Gasteiger partial charge in [0, 0.05) is 24.1 Å². The van der Waals surface area contributed by atoms with Crippen LogP contribution in [0.4, 0.5) is 0 Å². The van der Waals surface area contributed by atoms with E-state index in [9.17, 15) is 0 Å². The van der Waals surface area contributed by atoms with Crippen LogP contribution >= 0.6 is 15.9 Å². The molecule has 5 nitrogen and oxygen atoms in total. The van der Waals surface area contributed by atoms with Crippen LogP contribution in [-0.2, 0) is 17.9 Å². The Bertz CT molecular complexity index is 779. The topological polar surface area (TPSA) is 43.0 Å². The number of methoxy groups -OCH3 is 1. The van der Waals surface area contributed by atoms with E-state index in [4.69, 9.17) is 14.2 Å². The Labute approximate surface area is 182 Å². The Balaban J connectivity index is 1.50. The maximum atomic E-state index is 6.05. The largest absolute Gasteiger partial charge is 0.493 e. The maximum absolute atomic E-state index is 6.05. The first kappa shape index (κ1) is 22.1. The molecule has 0 bridgehead atoms. The Hall–Kier alpha value is -1.60. The molecule has 2 aromatic rings. The van der Waals surface area contributed by atoms with Crippen LogP contribution in [0.3, 0.4) is 0 Å². The summed E-state index contributed by atoms with van der Waals surface area (Å²) in [6, 6.07) is 12.3. The fourth-order valence-electron chi connectivity index (χ4n) is 3.39. The van der Waals surface area contributed by atoms with Gasteiger partial charge in [-0.15, -0.1) is 0 Å². The van der Waals surface area contributed by atoms with Gasteiger partial charge in [0.2, 0.25) is 0 Å². The molecule has 6 heteroatoms. The molecule has 1 heterocycles. The first-order chi connectivity index (χ1) is 14.2. The molecule has 2 aromatic carbocycles. The second-order valence-electron chi connectivity index (χ2n) is 7.29. The Morgan fingerprint density at radius 1 is 1.10 bits per heavy atom. The quantitative estimate of drug-likeness (QED) is 0.537. The lowest BCUT2D eigenvalue weighted by atomic mass is 10.1. The normalized spacial score (nSPS) is 14.7. The van der Waals surface area contributed by atoms with Gasteiger partial charge in [-0.2, -0.15) is 0 Å². The van der Waals surface area contributed by atoms with Gasteiger partial charge in [-0.25, -0.2) is 0 Å². The standard InChI is InChI=1S/C23H31BrN2O3/c1-18-6-3-4-7-19(18)17-29-23-15-21(24)20(14-22(23)27-2)16-25-8-5-9-26-10-12-28-13-11-26/h3-4,6-7,14-15,25H,5,8-13,16-17H2,1-2H3. The highest BCUT2D eigenvalue weighted by Gasteiger charge is 2.12. The number of morpholine rings is 1. The van der Waals surface area contributed by atoms with E-state index in [0.29, 0.717) is 6.61 Å². The molecular formula is C23H31BrN2O3. The third kappa shape index (κ3) is 6.71. The summed E-state index contributed by atoms with van der Waals surface area (Å²) in [4.78, 5) is 2.46. The lowest BCUT2D eigenvalue weighted by Crippen LogP contribution is -2.37. The summed E-state index contributed by atoms with van der Waals surface area (Å²) in [5, 5.41) is 3.53. The summed E-state index contributed by atoms with van der Waals surface area (Å²) in [5.41, 5.74) is 3.57. The van der Waals surface area contributed by atoms with E-state index in [0.717, 1.165) is 73.9 Å². The molecule has 0 aliphatic carbocycles. The second-order valence-corrected chi connectivity index (χ2v) is 8.15. The van der Waals surface area contributed by atoms with Crippen molar-refractivity contribution in [1.29, 1.82) is 0 Å². The summed E-state index contributed by atoms with van der Waals surface area (Å²) in [6.07, 6.45) is 1.13. The average Bonchev–Trinajstić information content (AvgIpc) is 2.74. The van der Waals surface area contributed by atoms with Crippen LogP contribution in [0, 0.1) is 6.92 Å². The molecule has 0 atom stereocenters. The predicted molar refractivity (Wildman–Crippen MR) is 120 cm³/mol. The summed E-state index contributed by atoms with van der Waals surface area (Å²) < 4.78 is 18.0. The molecular weight excluding hydrogens is 432 g/mol. The van der Waals surface area contributed by atoms with Crippen molar-refractivity contribution in [2.45, 2.75) is 26.5 Å². The van der Waals surface area contributed by atoms with E-state index >= 15 is 0 Å². The monoisotopic (exact) mass is 462 g/mol. The van der Waals surface area contributed by atoms with Crippen molar-refractivity contribution in [2.75, 3.05) is 46.5 Å². The molecule has 0 aromatic heterocycles. The van der Waals surface area contributed by atoms with Gasteiger partial charge < -0.3 is 19.5 Å². The lowest BCUT2D eigenvalue weighted by Gasteiger charge is -2.26. The molecule has 1 fully saturated rings. The summed E-state index contributed by atoms with van der Waals surface area (Å²) >= 11 is 3.69. The number of rotatable bonds is 10. The van der Waals surface area contributed by atoms with Crippen LogP contribution in [0.1, 0.15) is 23.1 Å². The van der Waals surface area contributed by atoms with Crippen LogP contribution in [-0.4, -0.2) is 51.4 Å². The Kier molecular flexibility index (Phi) is 8.80. The van der Waals surface area contributed by atoms with Crippen LogP contribution in [0.2, 0.25) is 0 Å². The Morgan fingerprint density at radius 2 is 1.90 bits per heavy atom. The zero-order valence-corrected chi connectivity index (χ0v) is 19.0. The number of ether oxygens (including phenoxy) is 3. The van der Waals surface area contributed by atoms with Gasteiger partial charge in [-0.05, 0) is 55.3 Å². The first-order valence-electron chi connectivity index (χ1n) is 10.2. The van der Waals surface area contributed by atoms with E-state index in [1.165, 1.54) is 11.1 Å². The van der Waals surface area contributed by atoms with Gasteiger partial charge in [-0.1, -0.05) is 40.2 Å². The number of benzene rings is 2. The molecule has 3 rings (SSSR count). The zero-order chi connectivity index (χ0) is 20.5. The summed E-state index contributed by atoms with van der Waals surface area (Å²) in [6.45, 7) is 9.33. The molecule has 29 heavy (non-hydrogen) atoms.